The van der Waals surface area contributed by atoms with Gasteiger partial charge in [-0.25, -0.2) is 9.37 Å². The lowest BCUT2D eigenvalue weighted by molar-refractivity contribution is 0.0678. The van der Waals surface area contributed by atoms with E-state index in [4.69, 9.17) is 11.6 Å². The van der Waals surface area contributed by atoms with Crippen LogP contribution in [0.1, 0.15) is 43.0 Å². The monoisotopic (exact) mass is 284 g/mol. The lowest BCUT2D eigenvalue weighted by Crippen LogP contribution is -2.39. The standard InChI is InChI=1S/C14H18ClFN2O/c1-9-3-5-11(6-4-9)18(2)14(19)12-7-10(16)8-17-13(12)15/h7-9,11H,3-6H2,1-2H3. The van der Waals surface area contributed by atoms with Crippen LogP contribution in [-0.4, -0.2) is 28.9 Å². The van der Waals surface area contributed by atoms with Crippen LogP contribution in [0.3, 0.4) is 0 Å². The fourth-order valence-corrected chi connectivity index (χ4v) is 2.74. The lowest BCUT2D eigenvalue weighted by atomic mass is 9.86. The average Bonchev–Trinajstić information content (AvgIpc) is 2.41. The summed E-state index contributed by atoms with van der Waals surface area (Å²) < 4.78 is 13.2. The zero-order chi connectivity index (χ0) is 14.0. The van der Waals surface area contributed by atoms with Gasteiger partial charge >= 0.3 is 0 Å². The number of hydrogen-bond acceptors (Lipinski definition) is 2. The van der Waals surface area contributed by atoms with Crippen LogP contribution in [0, 0.1) is 11.7 Å². The number of hydrogen-bond donors (Lipinski definition) is 0. The van der Waals surface area contributed by atoms with E-state index < -0.39 is 5.82 Å². The Balaban J connectivity index is 2.12. The van der Waals surface area contributed by atoms with Gasteiger partial charge in [0.15, 0.2) is 0 Å². The smallest absolute Gasteiger partial charge is 0.257 e. The van der Waals surface area contributed by atoms with Crippen molar-refractivity contribution in [2.75, 3.05) is 7.05 Å². The fourth-order valence-electron chi connectivity index (χ4n) is 2.56. The van der Waals surface area contributed by atoms with Gasteiger partial charge in [0.25, 0.3) is 5.91 Å². The van der Waals surface area contributed by atoms with Crippen LogP contribution in [0.2, 0.25) is 5.15 Å². The van der Waals surface area contributed by atoms with Crippen LogP contribution in [0.5, 0.6) is 0 Å². The summed E-state index contributed by atoms with van der Waals surface area (Å²) >= 11 is 5.87. The number of amides is 1. The second kappa shape index (κ2) is 5.87. The van der Waals surface area contributed by atoms with Crippen molar-refractivity contribution in [1.82, 2.24) is 9.88 Å². The molecule has 1 aliphatic carbocycles. The Morgan fingerprint density at radius 2 is 2.05 bits per heavy atom. The molecule has 0 N–H and O–H groups in total. The maximum atomic E-state index is 13.2. The van der Waals surface area contributed by atoms with Crippen LogP contribution >= 0.6 is 11.6 Å². The first-order valence-corrected chi connectivity index (χ1v) is 6.95. The first kappa shape index (κ1) is 14.3. The van der Waals surface area contributed by atoms with E-state index in [2.05, 4.69) is 11.9 Å². The minimum atomic E-state index is -0.543. The van der Waals surface area contributed by atoms with Crippen molar-refractivity contribution in [2.24, 2.45) is 5.92 Å². The Labute approximate surface area is 117 Å². The van der Waals surface area contributed by atoms with E-state index in [0.29, 0.717) is 0 Å². The first-order chi connectivity index (χ1) is 8.99. The molecule has 0 saturated heterocycles. The van der Waals surface area contributed by atoms with Crippen molar-refractivity contribution in [1.29, 1.82) is 0 Å². The molecule has 1 amide bonds. The second-order valence-corrected chi connectivity index (χ2v) is 5.68. The average molecular weight is 285 g/mol. The molecule has 1 fully saturated rings. The Morgan fingerprint density at radius 1 is 1.42 bits per heavy atom. The van der Waals surface area contributed by atoms with Crippen LogP contribution < -0.4 is 0 Å². The molecule has 1 aliphatic rings. The Kier molecular flexibility index (Phi) is 4.40. The topological polar surface area (TPSA) is 33.2 Å². The van der Waals surface area contributed by atoms with Gasteiger partial charge in [0, 0.05) is 13.1 Å². The van der Waals surface area contributed by atoms with E-state index in [1.165, 1.54) is 0 Å². The largest absolute Gasteiger partial charge is 0.339 e. The van der Waals surface area contributed by atoms with Gasteiger partial charge in [0.1, 0.15) is 11.0 Å². The van der Waals surface area contributed by atoms with Crippen molar-refractivity contribution in [3.05, 3.63) is 28.8 Å². The first-order valence-electron chi connectivity index (χ1n) is 6.57. The minimum Gasteiger partial charge on any atom is -0.339 e. The third-order valence-electron chi connectivity index (χ3n) is 3.89. The summed E-state index contributed by atoms with van der Waals surface area (Å²) in [5.74, 6) is -0.0749. The van der Waals surface area contributed by atoms with Crippen molar-refractivity contribution in [2.45, 2.75) is 38.6 Å². The fraction of sp³-hybridized carbons (Fsp3) is 0.571. The highest BCUT2D eigenvalue weighted by Crippen LogP contribution is 2.28. The highest BCUT2D eigenvalue weighted by atomic mass is 35.5. The van der Waals surface area contributed by atoms with Crippen LogP contribution in [0.25, 0.3) is 0 Å². The van der Waals surface area contributed by atoms with E-state index in [1.54, 1.807) is 11.9 Å². The van der Waals surface area contributed by atoms with Gasteiger partial charge in [-0.05, 0) is 37.7 Å². The molecule has 1 saturated carbocycles. The van der Waals surface area contributed by atoms with E-state index in [9.17, 15) is 9.18 Å². The van der Waals surface area contributed by atoms with Gasteiger partial charge in [-0.1, -0.05) is 18.5 Å². The molecule has 5 heteroatoms. The number of carbonyl (C=O) groups is 1. The maximum absolute atomic E-state index is 13.2. The van der Waals surface area contributed by atoms with Gasteiger partial charge in [0.05, 0.1) is 11.8 Å². The number of carbonyl (C=O) groups excluding carboxylic acids is 1. The van der Waals surface area contributed by atoms with Crippen LogP contribution in [0.4, 0.5) is 4.39 Å². The normalized spacial score (nSPS) is 23.2. The quantitative estimate of drug-likeness (QED) is 0.779. The molecular weight excluding hydrogens is 267 g/mol. The lowest BCUT2D eigenvalue weighted by Gasteiger charge is -2.33. The summed E-state index contributed by atoms with van der Waals surface area (Å²) in [6.07, 6.45) is 5.24. The Hall–Kier alpha value is -1.16. The minimum absolute atomic E-state index is 0.0578. The number of halogens is 2. The predicted octanol–water partition coefficient (Wildman–Crippen LogP) is 3.52. The number of rotatable bonds is 2. The Bertz CT molecular complexity index is 473. The van der Waals surface area contributed by atoms with E-state index >= 15 is 0 Å². The Morgan fingerprint density at radius 3 is 2.68 bits per heavy atom. The molecule has 0 spiro atoms. The number of pyridine rings is 1. The van der Waals surface area contributed by atoms with Crippen molar-refractivity contribution >= 4 is 17.5 Å². The molecule has 3 nitrogen and oxygen atoms in total. The summed E-state index contributed by atoms with van der Waals surface area (Å²) in [6.45, 7) is 2.23. The van der Waals surface area contributed by atoms with Gasteiger partial charge < -0.3 is 4.90 Å². The summed E-state index contributed by atoms with van der Waals surface area (Å²) in [7, 11) is 1.75. The summed E-state index contributed by atoms with van der Waals surface area (Å²) in [6, 6.07) is 1.36. The molecule has 19 heavy (non-hydrogen) atoms. The zero-order valence-electron chi connectivity index (χ0n) is 11.2. The van der Waals surface area contributed by atoms with E-state index in [-0.39, 0.29) is 22.7 Å². The number of nitrogens with zero attached hydrogens (tertiary/aromatic N) is 2. The van der Waals surface area contributed by atoms with Gasteiger partial charge in [-0.2, -0.15) is 0 Å². The molecule has 0 unspecified atom stereocenters. The molecule has 0 atom stereocenters. The molecule has 104 valence electrons. The highest BCUT2D eigenvalue weighted by molar-refractivity contribution is 6.32. The van der Waals surface area contributed by atoms with Crippen molar-refractivity contribution in [3.63, 3.8) is 0 Å². The summed E-state index contributed by atoms with van der Waals surface area (Å²) in [4.78, 5) is 17.7. The third kappa shape index (κ3) is 3.24. The molecule has 0 bridgehead atoms. The van der Waals surface area contributed by atoms with E-state index in [1.807, 2.05) is 0 Å². The molecule has 1 aromatic rings. The molecular formula is C14H18ClFN2O. The maximum Gasteiger partial charge on any atom is 0.257 e. The van der Waals surface area contributed by atoms with Crippen LogP contribution in [0.15, 0.2) is 12.3 Å². The summed E-state index contributed by atoms with van der Waals surface area (Å²) in [5.41, 5.74) is 0.141. The van der Waals surface area contributed by atoms with E-state index in [0.717, 1.165) is 43.9 Å². The van der Waals surface area contributed by atoms with Gasteiger partial charge in [0.2, 0.25) is 0 Å². The molecule has 0 radical (unpaired) electrons. The zero-order valence-corrected chi connectivity index (χ0v) is 12.0. The molecule has 0 aliphatic heterocycles. The molecule has 1 aromatic heterocycles. The SMILES string of the molecule is CC1CCC(N(C)C(=O)c2cc(F)cnc2Cl)CC1. The van der Waals surface area contributed by atoms with Gasteiger partial charge in [-0.15, -0.1) is 0 Å². The van der Waals surface area contributed by atoms with Crippen LogP contribution in [-0.2, 0) is 0 Å². The van der Waals surface area contributed by atoms with Crippen molar-refractivity contribution in [3.8, 4) is 0 Å². The molecule has 1 heterocycles. The summed E-state index contributed by atoms with van der Waals surface area (Å²) in [5, 5.41) is 0.0578. The van der Waals surface area contributed by atoms with Crippen molar-refractivity contribution < 1.29 is 9.18 Å². The molecule has 2 rings (SSSR count). The third-order valence-corrected chi connectivity index (χ3v) is 4.19. The highest BCUT2D eigenvalue weighted by Gasteiger charge is 2.26. The molecule has 0 aromatic carbocycles. The second-order valence-electron chi connectivity index (χ2n) is 5.32. The number of aromatic nitrogens is 1. The predicted molar refractivity (Wildman–Crippen MR) is 72.7 cm³/mol. The van der Waals surface area contributed by atoms with Gasteiger partial charge in [-0.3, -0.25) is 4.79 Å².